The van der Waals surface area contributed by atoms with Gasteiger partial charge in [-0.25, -0.2) is 0 Å². The second-order valence-corrected chi connectivity index (χ2v) is 4.39. The van der Waals surface area contributed by atoms with Crippen molar-refractivity contribution in [2.45, 2.75) is 20.0 Å². The summed E-state index contributed by atoms with van der Waals surface area (Å²) in [5.41, 5.74) is 2.30. The van der Waals surface area contributed by atoms with Crippen LogP contribution in [0.15, 0.2) is 41.1 Å². The maximum Gasteiger partial charge on any atom is 0.0539 e. The first-order valence-corrected chi connectivity index (χ1v) is 6.08. The van der Waals surface area contributed by atoms with Crippen LogP contribution in [0.2, 0.25) is 0 Å². The van der Waals surface area contributed by atoms with E-state index in [2.05, 4.69) is 39.5 Å². The number of hydrogen-bond donors (Lipinski definition) is 1. The number of aromatic nitrogens is 2. The Morgan fingerprint density at radius 3 is 2.88 bits per heavy atom. The van der Waals surface area contributed by atoms with E-state index in [0.29, 0.717) is 0 Å². The molecule has 0 saturated heterocycles. The number of para-hydroxylation sites is 1. The molecule has 1 heterocycles. The lowest BCUT2D eigenvalue weighted by atomic mass is 10.3. The fraction of sp³-hybridized carbons (Fsp3) is 0.250. The van der Waals surface area contributed by atoms with Crippen molar-refractivity contribution in [2.24, 2.45) is 0 Å². The van der Waals surface area contributed by atoms with E-state index in [9.17, 15) is 0 Å². The normalized spacial score (nSPS) is 10.4. The van der Waals surface area contributed by atoms with Gasteiger partial charge in [0.2, 0.25) is 0 Å². The number of nitrogens with zero attached hydrogens (tertiary/aromatic N) is 2. The molecular formula is C12H14BrN3. The highest BCUT2D eigenvalue weighted by molar-refractivity contribution is 9.10. The zero-order valence-corrected chi connectivity index (χ0v) is 10.7. The third-order valence-corrected chi connectivity index (χ3v) is 3.06. The number of aryl methyl sites for hydroxylation is 1. The second-order valence-electron chi connectivity index (χ2n) is 3.54. The summed E-state index contributed by atoms with van der Waals surface area (Å²) in [6, 6.07) is 8.10. The average Bonchev–Trinajstić information content (AvgIpc) is 2.76. The molecule has 0 radical (unpaired) electrons. The summed E-state index contributed by atoms with van der Waals surface area (Å²) in [6.07, 6.45) is 3.96. The van der Waals surface area contributed by atoms with Gasteiger partial charge in [0.05, 0.1) is 6.20 Å². The Labute approximate surface area is 104 Å². The van der Waals surface area contributed by atoms with Gasteiger partial charge in [0.15, 0.2) is 0 Å². The van der Waals surface area contributed by atoms with Crippen LogP contribution in [0, 0.1) is 0 Å². The molecule has 2 aromatic rings. The van der Waals surface area contributed by atoms with Crippen LogP contribution >= 0.6 is 15.9 Å². The van der Waals surface area contributed by atoms with E-state index in [4.69, 9.17) is 0 Å². The lowest BCUT2D eigenvalue weighted by Crippen LogP contribution is -1.99. The highest BCUT2D eigenvalue weighted by atomic mass is 79.9. The molecule has 0 aliphatic carbocycles. The molecule has 3 nitrogen and oxygen atoms in total. The van der Waals surface area contributed by atoms with Crippen molar-refractivity contribution in [3.05, 3.63) is 46.7 Å². The molecule has 0 amide bonds. The third kappa shape index (κ3) is 2.64. The molecule has 1 N–H and O–H groups in total. The average molecular weight is 280 g/mol. The lowest BCUT2D eigenvalue weighted by molar-refractivity contribution is 0.659. The van der Waals surface area contributed by atoms with Crippen molar-refractivity contribution in [1.82, 2.24) is 9.78 Å². The van der Waals surface area contributed by atoms with E-state index in [0.717, 1.165) is 23.2 Å². The number of hydrogen-bond acceptors (Lipinski definition) is 2. The molecule has 0 fully saturated rings. The quantitative estimate of drug-likeness (QED) is 0.931. The third-order valence-electron chi connectivity index (χ3n) is 2.37. The Bertz CT molecular complexity index is 465. The maximum atomic E-state index is 4.23. The number of benzene rings is 1. The second kappa shape index (κ2) is 5.16. The van der Waals surface area contributed by atoms with Crippen LogP contribution in [0.3, 0.4) is 0 Å². The lowest BCUT2D eigenvalue weighted by Gasteiger charge is -2.06. The first kappa shape index (κ1) is 11.2. The molecule has 0 unspecified atom stereocenters. The Balaban J connectivity index is 1.99. The standard InChI is InChI=1S/C12H14BrN3/c1-2-16-9-10(8-15-16)7-14-12-6-4-3-5-11(12)13/h3-6,8-9,14H,2,7H2,1H3. The van der Waals surface area contributed by atoms with Gasteiger partial charge in [-0.1, -0.05) is 12.1 Å². The van der Waals surface area contributed by atoms with Crippen LogP contribution in [0.4, 0.5) is 5.69 Å². The Morgan fingerprint density at radius 2 is 2.19 bits per heavy atom. The van der Waals surface area contributed by atoms with Gasteiger partial charge in [-0.05, 0) is 35.0 Å². The topological polar surface area (TPSA) is 29.9 Å². The predicted octanol–water partition coefficient (Wildman–Crippen LogP) is 3.28. The molecule has 84 valence electrons. The molecule has 16 heavy (non-hydrogen) atoms. The monoisotopic (exact) mass is 279 g/mol. The van der Waals surface area contributed by atoms with E-state index in [-0.39, 0.29) is 0 Å². The first-order valence-electron chi connectivity index (χ1n) is 5.29. The van der Waals surface area contributed by atoms with E-state index in [1.165, 1.54) is 5.56 Å². The van der Waals surface area contributed by atoms with Crippen molar-refractivity contribution >= 4 is 21.6 Å². The van der Waals surface area contributed by atoms with Gasteiger partial charge in [-0.2, -0.15) is 5.10 Å². The first-order chi connectivity index (χ1) is 7.79. The summed E-state index contributed by atoms with van der Waals surface area (Å²) < 4.78 is 3.01. The molecule has 0 aliphatic heterocycles. The van der Waals surface area contributed by atoms with E-state index in [1.807, 2.05) is 35.1 Å². The smallest absolute Gasteiger partial charge is 0.0539 e. The van der Waals surface area contributed by atoms with Gasteiger partial charge in [0.1, 0.15) is 0 Å². The molecule has 0 aliphatic rings. The number of anilines is 1. The van der Waals surface area contributed by atoms with E-state index < -0.39 is 0 Å². The number of halogens is 1. The Hall–Kier alpha value is -1.29. The highest BCUT2D eigenvalue weighted by Crippen LogP contribution is 2.21. The maximum absolute atomic E-state index is 4.23. The molecule has 1 aromatic heterocycles. The van der Waals surface area contributed by atoms with Crippen molar-refractivity contribution in [2.75, 3.05) is 5.32 Å². The van der Waals surface area contributed by atoms with Crippen molar-refractivity contribution in [3.63, 3.8) is 0 Å². The van der Waals surface area contributed by atoms with Crippen LogP contribution in [-0.2, 0) is 13.1 Å². The molecular weight excluding hydrogens is 266 g/mol. The largest absolute Gasteiger partial charge is 0.380 e. The minimum atomic E-state index is 0.794. The van der Waals surface area contributed by atoms with Gasteiger partial charge in [-0.3, -0.25) is 4.68 Å². The van der Waals surface area contributed by atoms with Gasteiger partial charge in [0, 0.05) is 35.0 Å². The van der Waals surface area contributed by atoms with Crippen LogP contribution < -0.4 is 5.32 Å². The summed E-state index contributed by atoms with van der Waals surface area (Å²) in [7, 11) is 0. The Kier molecular flexibility index (Phi) is 3.62. The summed E-state index contributed by atoms with van der Waals surface area (Å²) in [5.74, 6) is 0. The number of rotatable bonds is 4. The van der Waals surface area contributed by atoms with Gasteiger partial charge >= 0.3 is 0 Å². The van der Waals surface area contributed by atoms with Crippen molar-refractivity contribution in [3.8, 4) is 0 Å². The van der Waals surface area contributed by atoms with Crippen LogP contribution in [-0.4, -0.2) is 9.78 Å². The van der Waals surface area contributed by atoms with Gasteiger partial charge in [-0.15, -0.1) is 0 Å². The number of nitrogens with one attached hydrogen (secondary N) is 1. The summed E-state index contributed by atoms with van der Waals surface area (Å²) in [6.45, 7) is 3.79. The minimum absolute atomic E-state index is 0.794. The molecule has 4 heteroatoms. The predicted molar refractivity (Wildman–Crippen MR) is 69.4 cm³/mol. The molecule has 0 atom stereocenters. The van der Waals surface area contributed by atoms with Crippen LogP contribution in [0.5, 0.6) is 0 Å². The van der Waals surface area contributed by atoms with Crippen molar-refractivity contribution < 1.29 is 0 Å². The molecule has 0 bridgehead atoms. The van der Waals surface area contributed by atoms with Crippen LogP contribution in [0.25, 0.3) is 0 Å². The summed E-state index contributed by atoms with van der Waals surface area (Å²) >= 11 is 3.51. The fourth-order valence-corrected chi connectivity index (χ4v) is 1.90. The molecule has 1 aromatic carbocycles. The minimum Gasteiger partial charge on any atom is -0.380 e. The summed E-state index contributed by atoms with van der Waals surface area (Å²) in [5, 5.41) is 7.60. The highest BCUT2D eigenvalue weighted by Gasteiger charge is 1.99. The molecule has 2 rings (SSSR count). The van der Waals surface area contributed by atoms with E-state index in [1.54, 1.807) is 0 Å². The Morgan fingerprint density at radius 1 is 1.38 bits per heavy atom. The van der Waals surface area contributed by atoms with E-state index >= 15 is 0 Å². The zero-order valence-electron chi connectivity index (χ0n) is 9.15. The van der Waals surface area contributed by atoms with Gasteiger partial charge < -0.3 is 5.32 Å². The van der Waals surface area contributed by atoms with Crippen LogP contribution in [0.1, 0.15) is 12.5 Å². The molecule has 0 spiro atoms. The van der Waals surface area contributed by atoms with Crippen molar-refractivity contribution in [1.29, 1.82) is 0 Å². The van der Waals surface area contributed by atoms with Gasteiger partial charge in [0.25, 0.3) is 0 Å². The fourth-order valence-electron chi connectivity index (χ4n) is 1.47. The SMILES string of the molecule is CCn1cc(CNc2ccccc2Br)cn1. The zero-order chi connectivity index (χ0) is 11.4. The summed E-state index contributed by atoms with van der Waals surface area (Å²) in [4.78, 5) is 0. The molecule has 0 saturated carbocycles.